The molecule has 1 rings (SSSR count). The number of Topliss-reactive ketones (excluding diaryl/α,β-unsaturated/α-hetero) is 1. The Kier molecular flexibility index (Phi) is 4.15. The number of ketones is 1. The van der Waals surface area contributed by atoms with E-state index < -0.39 is 11.6 Å². The minimum absolute atomic E-state index is 0.183. The van der Waals surface area contributed by atoms with Crippen molar-refractivity contribution in [1.82, 2.24) is 5.06 Å². The standard InChI is InChI=1S/C10H14N6O3/c1-4-19-16-7(3)14-9(12)15-10(16,13-5-17)8(18)6(2)11/h2,4,11H2,1,3H3,(H2,12,15). The van der Waals surface area contributed by atoms with Crippen LogP contribution in [0.1, 0.15) is 13.8 Å². The molecular weight excluding hydrogens is 252 g/mol. The van der Waals surface area contributed by atoms with Gasteiger partial charge in [-0.3, -0.25) is 9.63 Å². The molecule has 0 amide bonds. The highest BCUT2D eigenvalue weighted by Crippen LogP contribution is 2.26. The molecule has 1 aliphatic rings. The molecule has 102 valence electrons. The van der Waals surface area contributed by atoms with Crippen molar-refractivity contribution >= 4 is 23.7 Å². The smallest absolute Gasteiger partial charge is 0.331 e. The Labute approximate surface area is 109 Å². The first kappa shape index (κ1) is 14.6. The molecule has 0 spiro atoms. The summed E-state index contributed by atoms with van der Waals surface area (Å²) in [6.07, 6.45) is 1.26. The van der Waals surface area contributed by atoms with Gasteiger partial charge in [0.1, 0.15) is 5.84 Å². The average Bonchev–Trinajstić information content (AvgIpc) is 2.32. The van der Waals surface area contributed by atoms with Gasteiger partial charge < -0.3 is 11.5 Å². The molecule has 0 aliphatic carbocycles. The normalized spacial score (nSPS) is 22.1. The Bertz CT molecular complexity index is 519. The minimum atomic E-state index is -2.10. The first-order valence-corrected chi connectivity index (χ1v) is 5.31. The van der Waals surface area contributed by atoms with Gasteiger partial charge in [0.05, 0.1) is 12.3 Å². The molecule has 0 saturated heterocycles. The van der Waals surface area contributed by atoms with E-state index >= 15 is 0 Å². The zero-order chi connectivity index (χ0) is 14.6. The fraction of sp³-hybridized carbons (Fsp3) is 0.400. The highest BCUT2D eigenvalue weighted by Gasteiger charge is 2.49. The first-order chi connectivity index (χ1) is 8.89. The molecule has 1 unspecified atom stereocenters. The highest BCUT2D eigenvalue weighted by molar-refractivity contribution is 6.08. The van der Waals surface area contributed by atoms with Crippen LogP contribution < -0.4 is 11.5 Å². The Morgan fingerprint density at radius 3 is 2.79 bits per heavy atom. The monoisotopic (exact) mass is 266 g/mol. The number of isocyanates is 1. The van der Waals surface area contributed by atoms with E-state index in [0.29, 0.717) is 0 Å². The van der Waals surface area contributed by atoms with Gasteiger partial charge in [-0.05, 0) is 13.8 Å². The Balaban J connectivity index is 3.48. The summed E-state index contributed by atoms with van der Waals surface area (Å²) < 4.78 is 0. The van der Waals surface area contributed by atoms with E-state index in [0.717, 1.165) is 5.06 Å². The molecule has 9 nitrogen and oxygen atoms in total. The molecule has 4 N–H and O–H groups in total. The van der Waals surface area contributed by atoms with Gasteiger partial charge >= 0.3 is 5.79 Å². The first-order valence-electron chi connectivity index (χ1n) is 5.31. The number of hydrogen-bond donors (Lipinski definition) is 2. The Morgan fingerprint density at radius 2 is 2.32 bits per heavy atom. The number of nitrogens with two attached hydrogens (primary N) is 2. The molecular formula is C10H14N6O3. The van der Waals surface area contributed by atoms with Crippen molar-refractivity contribution in [2.24, 2.45) is 26.4 Å². The molecule has 0 saturated carbocycles. The highest BCUT2D eigenvalue weighted by atomic mass is 16.7. The zero-order valence-electron chi connectivity index (χ0n) is 10.6. The van der Waals surface area contributed by atoms with Crippen molar-refractivity contribution in [3.63, 3.8) is 0 Å². The van der Waals surface area contributed by atoms with Gasteiger partial charge in [-0.15, -0.1) is 4.99 Å². The van der Waals surface area contributed by atoms with Crippen LogP contribution >= 0.6 is 0 Å². The van der Waals surface area contributed by atoms with Crippen LogP contribution in [0, 0.1) is 0 Å². The van der Waals surface area contributed by atoms with Crippen molar-refractivity contribution in [1.29, 1.82) is 0 Å². The summed E-state index contributed by atoms with van der Waals surface area (Å²) in [5.41, 5.74) is 10.5. The van der Waals surface area contributed by atoms with E-state index in [4.69, 9.17) is 16.3 Å². The number of carbonyl (C=O) groups is 1. The van der Waals surface area contributed by atoms with Crippen molar-refractivity contribution in [2.75, 3.05) is 6.61 Å². The van der Waals surface area contributed by atoms with Crippen LogP contribution in [0.25, 0.3) is 0 Å². The number of rotatable bonds is 5. The molecule has 1 atom stereocenters. The van der Waals surface area contributed by atoms with E-state index in [1.807, 2.05) is 0 Å². The topological polar surface area (TPSA) is 136 Å². The summed E-state index contributed by atoms with van der Waals surface area (Å²) in [5, 5.41) is 0.953. The lowest BCUT2D eigenvalue weighted by Crippen LogP contribution is -2.58. The summed E-state index contributed by atoms with van der Waals surface area (Å²) >= 11 is 0. The van der Waals surface area contributed by atoms with Gasteiger partial charge in [0.2, 0.25) is 12.0 Å². The third-order valence-corrected chi connectivity index (χ3v) is 2.18. The van der Waals surface area contributed by atoms with Gasteiger partial charge in [0.15, 0.2) is 0 Å². The van der Waals surface area contributed by atoms with Crippen molar-refractivity contribution in [3.05, 3.63) is 12.3 Å². The van der Waals surface area contributed by atoms with Gasteiger partial charge in [-0.2, -0.15) is 15.0 Å². The molecule has 19 heavy (non-hydrogen) atoms. The van der Waals surface area contributed by atoms with E-state index in [9.17, 15) is 9.59 Å². The predicted molar refractivity (Wildman–Crippen MR) is 67.4 cm³/mol. The summed E-state index contributed by atoms with van der Waals surface area (Å²) in [6, 6.07) is 0. The largest absolute Gasteiger partial charge is 0.396 e. The fourth-order valence-corrected chi connectivity index (χ4v) is 1.52. The fourth-order valence-electron chi connectivity index (χ4n) is 1.52. The molecule has 9 heteroatoms. The van der Waals surface area contributed by atoms with Gasteiger partial charge in [0.25, 0.3) is 5.78 Å². The van der Waals surface area contributed by atoms with Crippen LogP contribution in [0.2, 0.25) is 0 Å². The molecule has 0 aromatic rings. The number of hydroxylamine groups is 2. The van der Waals surface area contributed by atoms with Crippen molar-refractivity contribution in [2.45, 2.75) is 19.6 Å². The summed E-state index contributed by atoms with van der Waals surface area (Å²) in [6.45, 7) is 6.68. The van der Waals surface area contributed by atoms with Crippen LogP contribution in [-0.2, 0) is 14.4 Å². The van der Waals surface area contributed by atoms with Gasteiger partial charge in [0, 0.05) is 0 Å². The predicted octanol–water partition coefficient (Wildman–Crippen LogP) is -0.982. The summed E-state index contributed by atoms with van der Waals surface area (Å²) in [4.78, 5) is 39.0. The average molecular weight is 266 g/mol. The number of guanidine groups is 1. The van der Waals surface area contributed by atoms with Gasteiger partial charge in [-0.25, -0.2) is 4.79 Å². The molecule has 0 aromatic carbocycles. The lowest BCUT2D eigenvalue weighted by molar-refractivity contribution is -0.171. The van der Waals surface area contributed by atoms with E-state index in [1.165, 1.54) is 13.0 Å². The molecule has 0 radical (unpaired) electrons. The second-order valence-corrected chi connectivity index (χ2v) is 3.53. The lowest BCUT2D eigenvalue weighted by atomic mass is 10.1. The number of carbonyl (C=O) groups excluding carboxylic acids is 2. The third-order valence-electron chi connectivity index (χ3n) is 2.18. The summed E-state index contributed by atoms with van der Waals surface area (Å²) in [5.74, 6) is -2.98. The van der Waals surface area contributed by atoms with Gasteiger partial charge in [-0.1, -0.05) is 6.58 Å². The molecule has 0 fully saturated rings. The van der Waals surface area contributed by atoms with Crippen molar-refractivity contribution in [3.8, 4) is 0 Å². The number of aliphatic imine (C=N–C) groups is 3. The SMILES string of the molecule is C=C(N)C(=O)C1(N=C=O)N=C(N)N=C(C)N1OCC. The van der Waals surface area contributed by atoms with Crippen LogP contribution in [0.3, 0.4) is 0 Å². The van der Waals surface area contributed by atoms with Crippen LogP contribution in [0.15, 0.2) is 27.3 Å². The third kappa shape index (κ3) is 2.51. The van der Waals surface area contributed by atoms with Crippen LogP contribution in [0.5, 0.6) is 0 Å². The van der Waals surface area contributed by atoms with E-state index in [1.54, 1.807) is 6.92 Å². The molecule has 0 bridgehead atoms. The quantitative estimate of drug-likeness (QED) is 0.373. The van der Waals surface area contributed by atoms with Crippen molar-refractivity contribution < 1.29 is 14.4 Å². The molecule has 1 heterocycles. The van der Waals surface area contributed by atoms with E-state index in [2.05, 4.69) is 21.6 Å². The Morgan fingerprint density at radius 1 is 1.68 bits per heavy atom. The maximum Gasteiger partial charge on any atom is 0.331 e. The number of amidine groups is 1. The second kappa shape index (κ2) is 5.42. The maximum atomic E-state index is 12.1. The van der Waals surface area contributed by atoms with Crippen LogP contribution in [0.4, 0.5) is 0 Å². The lowest BCUT2D eigenvalue weighted by Gasteiger charge is -2.36. The maximum absolute atomic E-state index is 12.1. The Hall–Kier alpha value is -2.51. The molecule has 0 aromatic heterocycles. The number of hydrogen-bond acceptors (Lipinski definition) is 9. The number of nitrogens with zero attached hydrogens (tertiary/aromatic N) is 4. The zero-order valence-corrected chi connectivity index (χ0v) is 10.6. The minimum Gasteiger partial charge on any atom is -0.396 e. The molecule has 1 aliphatic heterocycles. The summed E-state index contributed by atoms with van der Waals surface area (Å²) in [7, 11) is 0. The van der Waals surface area contributed by atoms with E-state index in [-0.39, 0.29) is 24.1 Å². The second-order valence-electron chi connectivity index (χ2n) is 3.53. The van der Waals surface area contributed by atoms with Crippen LogP contribution in [-0.4, -0.2) is 41.1 Å².